The number of fused-ring (bicyclic) bond motifs is 10. The first kappa shape index (κ1) is 26.2. The van der Waals surface area contributed by atoms with E-state index in [2.05, 4.69) is 170 Å². The lowest BCUT2D eigenvalue weighted by molar-refractivity contribution is 0.661. The zero-order valence-corrected chi connectivity index (χ0v) is 26.9. The minimum atomic E-state index is -0.0667. The number of benzene rings is 8. The van der Waals surface area contributed by atoms with Gasteiger partial charge in [-0.1, -0.05) is 141 Å². The van der Waals surface area contributed by atoms with Crippen molar-refractivity contribution in [2.45, 2.75) is 19.3 Å². The zero-order chi connectivity index (χ0) is 31.7. The normalized spacial score (nSPS) is 13.8. The molecule has 0 unspecified atom stereocenters. The van der Waals surface area contributed by atoms with Gasteiger partial charge in [0.1, 0.15) is 0 Å². The lowest BCUT2D eigenvalue weighted by Gasteiger charge is -2.22. The minimum Gasteiger partial charge on any atom is -0.309 e. The summed E-state index contributed by atoms with van der Waals surface area (Å²) < 4.78 is 2.51. The first-order chi connectivity index (χ1) is 23.6. The molecule has 1 aromatic heterocycles. The van der Waals surface area contributed by atoms with Gasteiger partial charge in [0.25, 0.3) is 0 Å². The first-order valence-electron chi connectivity index (χ1n) is 17.0. The Hall–Kier alpha value is -5.92. The van der Waals surface area contributed by atoms with Gasteiger partial charge in [0.15, 0.2) is 0 Å². The molecule has 1 heteroatoms. The number of rotatable bonds is 2. The summed E-state index contributed by atoms with van der Waals surface area (Å²) >= 11 is 0. The van der Waals surface area contributed by atoms with Crippen LogP contribution in [0.1, 0.15) is 25.0 Å². The Morgan fingerprint density at radius 2 is 0.938 bits per heavy atom. The Bertz CT molecular complexity index is 2830. The number of aromatic nitrogens is 1. The van der Waals surface area contributed by atoms with Crippen molar-refractivity contribution < 1.29 is 0 Å². The maximum Gasteiger partial charge on any atom is 0.0544 e. The summed E-state index contributed by atoms with van der Waals surface area (Å²) in [6.45, 7) is 4.74. The fourth-order valence-electron chi connectivity index (χ4n) is 9.18. The maximum atomic E-state index is 2.51. The second-order valence-electron chi connectivity index (χ2n) is 14.1. The quantitative estimate of drug-likeness (QED) is 0.184. The van der Waals surface area contributed by atoms with Gasteiger partial charge < -0.3 is 4.57 Å². The molecular weight excluding hydrogens is 579 g/mol. The zero-order valence-electron chi connectivity index (χ0n) is 26.9. The molecule has 0 N–H and O–H groups in total. The molecule has 0 saturated heterocycles. The molecule has 0 bridgehead atoms. The van der Waals surface area contributed by atoms with Crippen molar-refractivity contribution in [3.63, 3.8) is 0 Å². The van der Waals surface area contributed by atoms with Gasteiger partial charge in [-0.3, -0.25) is 0 Å². The molecule has 1 nitrogen and oxygen atoms in total. The van der Waals surface area contributed by atoms with E-state index >= 15 is 0 Å². The summed E-state index contributed by atoms with van der Waals surface area (Å²) in [7, 11) is 0. The van der Waals surface area contributed by atoms with Gasteiger partial charge in [-0.15, -0.1) is 0 Å². The topological polar surface area (TPSA) is 4.93 Å². The third-order valence-corrected chi connectivity index (χ3v) is 11.4. The Morgan fingerprint density at radius 3 is 1.77 bits per heavy atom. The molecule has 2 aliphatic rings. The highest BCUT2D eigenvalue weighted by Crippen LogP contribution is 2.52. The van der Waals surface area contributed by atoms with Crippen LogP contribution < -0.4 is 0 Å². The van der Waals surface area contributed by atoms with Crippen molar-refractivity contribution in [1.82, 2.24) is 4.57 Å². The minimum absolute atomic E-state index is 0.0667. The van der Waals surface area contributed by atoms with Gasteiger partial charge in [0.2, 0.25) is 0 Å². The third kappa shape index (κ3) is 3.21. The van der Waals surface area contributed by atoms with Crippen LogP contribution in [0.15, 0.2) is 152 Å². The smallest absolute Gasteiger partial charge is 0.0544 e. The van der Waals surface area contributed by atoms with E-state index in [1.807, 2.05) is 0 Å². The van der Waals surface area contributed by atoms with E-state index in [1.54, 1.807) is 0 Å². The van der Waals surface area contributed by atoms with Gasteiger partial charge in [-0.2, -0.15) is 0 Å². The van der Waals surface area contributed by atoms with Crippen molar-refractivity contribution in [3.8, 4) is 50.2 Å². The van der Waals surface area contributed by atoms with Crippen molar-refractivity contribution in [2.75, 3.05) is 0 Å². The molecule has 0 aliphatic heterocycles. The van der Waals surface area contributed by atoms with Gasteiger partial charge in [-0.25, -0.2) is 0 Å². The Kier molecular flexibility index (Phi) is 4.97. The standard InChI is InChI=1S/C47H31N/c1-47(2)41-20-9-7-15-33(41)39-26-40-35-17-8-10-21-43(35)48(45(40)27-42(39)47)44-25-24-31(28-12-5-6-16-34(28)44)32-22-23-38-30-14-4-3-13-29(30)36-18-11-19-37(32)46(36)38/h3-27H,1-2H3. The van der Waals surface area contributed by atoms with Crippen molar-refractivity contribution in [1.29, 1.82) is 0 Å². The van der Waals surface area contributed by atoms with E-state index in [4.69, 9.17) is 0 Å². The molecule has 8 aromatic carbocycles. The van der Waals surface area contributed by atoms with Gasteiger partial charge in [0.05, 0.1) is 16.7 Å². The predicted molar refractivity (Wildman–Crippen MR) is 203 cm³/mol. The summed E-state index contributed by atoms with van der Waals surface area (Å²) in [5.74, 6) is 0. The van der Waals surface area contributed by atoms with Gasteiger partial charge in [0, 0.05) is 21.6 Å². The second-order valence-corrected chi connectivity index (χ2v) is 14.1. The van der Waals surface area contributed by atoms with Crippen LogP contribution in [0.2, 0.25) is 0 Å². The molecule has 9 aromatic rings. The average Bonchev–Trinajstić information content (AvgIpc) is 3.72. The number of para-hydroxylation sites is 1. The van der Waals surface area contributed by atoms with Gasteiger partial charge in [-0.05, 0) is 96.1 Å². The summed E-state index contributed by atoms with van der Waals surface area (Å²) in [6, 6.07) is 56.8. The molecular formula is C47H31N. The maximum absolute atomic E-state index is 2.51. The van der Waals surface area contributed by atoms with Crippen LogP contribution in [-0.2, 0) is 5.41 Å². The van der Waals surface area contributed by atoms with E-state index in [1.165, 1.54) is 105 Å². The van der Waals surface area contributed by atoms with Crippen LogP contribution in [-0.4, -0.2) is 4.57 Å². The van der Waals surface area contributed by atoms with Crippen molar-refractivity contribution >= 4 is 43.4 Å². The second kappa shape index (κ2) is 9.12. The summed E-state index contributed by atoms with van der Waals surface area (Å²) in [5, 5.41) is 7.80. The van der Waals surface area contributed by atoms with E-state index in [0.29, 0.717) is 0 Å². The molecule has 0 spiro atoms. The van der Waals surface area contributed by atoms with Crippen LogP contribution in [0.25, 0.3) is 93.5 Å². The van der Waals surface area contributed by atoms with E-state index in [-0.39, 0.29) is 5.41 Å². The van der Waals surface area contributed by atoms with Crippen LogP contribution in [0, 0.1) is 0 Å². The van der Waals surface area contributed by atoms with Crippen LogP contribution >= 0.6 is 0 Å². The van der Waals surface area contributed by atoms with E-state index in [9.17, 15) is 0 Å². The molecule has 0 atom stereocenters. The lowest BCUT2D eigenvalue weighted by atomic mass is 9.82. The lowest BCUT2D eigenvalue weighted by Crippen LogP contribution is -2.15. The largest absolute Gasteiger partial charge is 0.309 e. The van der Waals surface area contributed by atoms with Crippen molar-refractivity contribution in [2.24, 2.45) is 0 Å². The van der Waals surface area contributed by atoms with Gasteiger partial charge >= 0.3 is 0 Å². The average molecular weight is 610 g/mol. The predicted octanol–water partition coefficient (Wildman–Crippen LogP) is 12.7. The van der Waals surface area contributed by atoms with E-state index < -0.39 is 0 Å². The molecule has 48 heavy (non-hydrogen) atoms. The molecule has 0 amide bonds. The highest BCUT2D eigenvalue weighted by molar-refractivity contribution is 6.20. The van der Waals surface area contributed by atoms with E-state index in [0.717, 1.165) is 0 Å². The van der Waals surface area contributed by atoms with Crippen LogP contribution in [0.3, 0.4) is 0 Å². The Morgan fingerprint density at radius 1 is 0.354 bits per heavy atom. The first-order valence-corrected chi connectivity index (χ1v) is 17.0. The number of hydrogen-bond donors (Lipinski definition) is 0. The molecule has 0 saturated carbocycles. The molecule has 2 aliphatic carbocycles. The fraction of sp³-hybridized carbons (Fsp3) is 0.0638. The fourth-order valence-corrected chi connectivity index (χ4v) is 9.18. The highest BCUT2D eigenvalue weighted by atomic mass is 15.0. The molecule has 224 valence electrons. The number of hydrogen-bond acceptors (Lipinski definition) is 0. The van der Waals surface area contributed by atoms with Crippen LogP contribution in [0.5, 0.6) is 0 Å². The molecule has 0 radical (unpaired) electrons. The summed E-state index contributed by atoms with van der Waals surface area (Å²) in [5.41, 5.74) is 17.1. The summed E-state index contributed by atoms with van der Waals surface area (Å²) in [6.07, 6.45) is 0. The molecule has 1 heterocycles. The highest BCUT2D eigenvalue weighted by Gasteiger charge is 2.36. The number of nitrogens with zero attached hydrogens (tertiary/aromatic N) is 1. The third-order valence-electron chi connectivity index (χ3n) is 11.4. The molecule has 11 rings (SSSR count). The summed E-state index contributed by atoms with van der Waals surface area (Å²) in [4.78, 5) is 0. The Balaban J connectivity index is 1.19. The van der Waals surface area contributed by atoms with Crippen molar-refractivity contribution in [3.05, 3.63) is 163 Å². The van der Waals surface area contributed by atoms with Crippen LogP contribution in [0.4, 0.5) is 0 Å². The monoisotopic (exact) mass is 609 g/mol. The SMILES string of the molecule is CC1(C)c2ccccc2-c2cc3c4ccccc4n(-c4ccc(-c5ccc6c7c(cccc57)-c5ccccc5-6)c5ccccc45)c3cc21. The Labute approximate surface area is 279 Å². The molecule has 0 fully saturated rings.